The Hall–Kier alpha value is -2.36. The SMILES string of the molecule is Cc1ccc(C)c(COc2ccc(F)cc2C(=O)O)c1. The highest BCUT2D eigenvalue weighted by Gasteiger charge is 2.13. The molecule has 3 nitrogen and oxygen atoms in total. The summed E-state index contributed by atoms with van der Waals surface area (Å²) in [6.07, 6.45) is 0. The monoisotopic (exact) mass is 274 g/mol. The van der Waals surface area contributed by atoms with Crippen LogP contribution in [0.15, 0.2) is 36.4 Å². The first-order chi connectivity index (χ1) is 9.47. The molecule has 0 saturated carbocycles. The van der Waals surface area contributed by atoms with E-state index in [-0.39, 0.29) is 17.9 Å². The lowest BCUT2D eigenvalue weighted by Crippen LogP contribution is -2.05. The van der Waals surface area contributed by atoms with E-state index in [1.54, 1.807) is 0 Å². The summed E-state index contributed by atoms with van der Waals surface area (Å²) < 4.78 is 18.6. The molecule has 2 aromatic rings. The Morgan fingerprint density at radius 1 is 1.20 bits per heavy atom. The molecule has 0 bridgehead atoms. The number of carbonyl (C=O) groups is 1. The normalized spacial score (nSPS) is 10.3. The van der Waals surface area contributed by atoms with E-state index < -0.39 is 11.8 Å². The van der Waals surface area contributed by atoms with Crippen molar-refractivity contribution in [2.24, 2.45) is 0 Å². The van der Waals surface area contributed by atoms with E-state index in [1.807, 2.05) is 32.0 Å². The second-order valence-electron chi connectivity index (χ2n) is 4.66. The highest BCUT2D eigenvalue weighted by atomic mass is 19.1. The molecule has 0 saturated heterocycles. The fourth-order valence-corrected chi connectivity index (χ4v) is 1.91. The summed E-state index contributed by atoms with van der Waals surface area (Å²) in [5.74, 6) is -1.64. The van der Waals surface area contributed by atoms with Crippen LogP contribution in [0.4, 0.5) is 4.39 Å². The lowest BCUT2D eigenvalue weighted by atomic mass is 10.1. The Morgan fingerprint density at radius 3 is 2.65 bits per heavy atom. The summed E-state index contributed by atoms with van der Waals surface area (Å²) in [7, 11) is 0. The lowest BCUT2D eigenvalue weighted by molar-refractivity contribution is 0.0691. The fourth-order valence-electron chi connectivity index (χ4n) is 1.91. The number of carboxylic acids is 1. The summed E-state index contributed by atoms with van der Waals surface area (Å²) in [5.41, 5.74) is 2.97. The van der Waals surface area contributed by atoms with Gasteiger partial charge in [-0.2, -0.15) is 0 Å². The predicted molar refractivity (Wildman–Crippen MR) is 73.6 cm³/mol. The van der Waals surface area contributed by atoms with Gasteiger partial charge in [0.05, 0.1) is 0 Å². The summed E-state index contributed by atoms with van der Waals surface area (Å²) in [4.78, 5) is 11.1. The van der Waals surface area contributed by atoms with Crippen LogP contribution in [0.2, 0.25) is 0 Å². The van der Waals surface area contributed by atoms with Gasteiger partial charge in [-0.3, -0.25) is 0 Å². The summed E-state index contributed by atoms with van der Waals surface area (Å²) >= 11 is 0. The van der Waals surface area contributed by atoms with Gasteiger partial charge in [0.1, 0.15) is 23.7 Å². The van der Waals surface area contributed by atoms with Gasteiger partial charge in [-0.05, 0) is 43.2 Å². The van der Waals surface area contributed by atoms with Gasteiger partial charge in [-0.25, -0.2) is 9.18 Å². The zero-order chi connectivity index (χ0) is 14.7. The van der Waals surface area contributed by atoms with Gasteiger partial charge in [0, 0.05) is 0 Å². The molecule has 0 heterocycles. The molecule has 1 N–H and O–H groups in total. The largest absolute Gasteiger partial charge is 0.488 e. The minimum absolute atomic E-state index is 0.166. The van der Waals surface area contributed by atoms with Gasteiger partial charge in [-0.15, -0.1) is 0 Å². The first-order valence-electron chi connectivity index (χ1n) is 6.19. The number of aromatic carboxylic acids is 1. The molecule has 0 radical (unpaired) electrons. The molecule has 0 fully saturated rings. The number of carboxylic acid groups (broad SMARTS) is 1. The minimum atomic E-state index is -1.21. The third-order valence-corrected chi connectivity index (χ3v) is 3.06. The highest BCUT2D eigenvalue weighted by Crippen LogP contribution is 2.22. The second kappa shape index (κ2) is 5.74. The van der Waals surface area contributed by atoms with Crippen molar-refractivity contribution < 1.29 is 19.0 Å². The zero-order valence-electron chi connectivity index (χ0n) is 11.3. The number of aryl methyl sites for hydroxylation is 2. The number of ether oxygens (including phenoxy) is 1. The van der Waals surface area contributed by atoms with Crippen LogP contribution in [0.1, 0.15) is 27.0 Å². The van der Waals surface area contributed by atoms with Gasteiger partial charge in [0.15, 0.2) is 0 Å². The molecule has 2 rings (SSSR count). The molecular formula is C16H15FO3. The Kier molecular flexibility index (Phi) is 4.03. The van der Waals surface area contributed by atoms with Crippen LogP contribution >= 0.6 is 0 Å². The maximum Gasteiger partial charge on any atom is 0.339 e. The highest BCUT2D eigenvalue weighted by molar-refractivity contribution is 5.90. The number of rotatable bonds is 4. The van der Waals surface area contributed by atoms with Crippen molar-refractivity contribution in [1.29, 1.82) is 0 Å². The van der Waals surface area contributed by atoms with E-state index in [1.165, 1.54) is 12.1 Å². The molecule has 0 spiro atoms. The Morgan fingerprint density at radius 2 is 1.95 bits per heavy atom. The van der Waals surface area contributed by atoms with Crippen molar-refractivity contribution >= 4 is 5.97 Å². The van der Waals surface area contributed by atoms with Crippen molar-refractivity contribution in [3.63, 3.8) is 0 Å². The lowest BCUT2D eigenvalue weighted by Gasteiger charge is -2.11. The van der Waals surface area contributed by atoms with E-state index in [0.717, 1.165) is 22.8 Å². The van der Waals surface area contributed by atoms with Gasteiger partial charge in [0.2, 0.25) is 0 Å². The van der Waals surface area contributed by atoms with Gasteiger partial charge in [-0.1, -0.05) is 23.8 Å². The van der Waals surface area contributed by atoms with E-state index in [0.29, 0.717) is 0 Å². The smallest absolute Gasteiger partial charge is 0.339 e. The molecule has 20 heavy (non-hydrogen) atoms. The van der Waals surface area contributed by atoms with Crippen LogP contribution < -0.4 is 4.74 Å². The summed E-state index contributed by atoms with van der Waals surface area (Å²) in [5, 5.41) is 9.04. The molecule has 4 heteroatoms. The zero-order valence-corrected chi connectivity index (χ0v) is 11.3. The quantitative estimate of drug-likeness (QED) is 0.924. The predicted octanol–water partition coefficient (Wildman–Crippen LogP) is 3.72. The first kappa shape index (κ1) is 14.1. The first-order valence-corrected chi connectivity index (χ1v) is 6.19. The number of hydrogen-bond donors (Lipinski definition) is 1. The maximum atomic E-state index is 13.1. The number of hydrogen-bond acceptors (Lipinski definition) is 2. The molecule has 0 amide bonds. The van der Waals surface area contributed by atoms with E-state index in [4.69, 9.17) is 9.84 Å². The Labute approximate surface area is 116 Å². The Bertz CT molecular complexity index is 650. The Balaban J connectivity index is 2.23. The molecule has 0 aromatic heterocycles. The summed E-state index contributed by atoms with van der Waals surface area (Å²) in [6.45, 7) is 4.18. The van der Waals surface area contributed by atoms with Crippen molar-refractivity contribution in [3.8, 4) is 5.75 Å². The fraction of sp³-hybridized carbons (Fsp3) is 0.188. The van der Waals surface area contributed by atoms with Crippen LogP contribution in [0, 0.1) is 19.7 Å². The second-order valence-corrected chi connectivity index (χ2v) is 4.66. The van der Waals surface area contributed by atoms with E-state index in [2.05, 4.69) is 0 Å². The molecule has 0 unspecified atom stereocenters. The molecule has 0 aliphatic rings. The minimum Gasteiger partial charge on any atom is -0.488 e. The third kappa shape index (κ3) is 3.15. The van der Waals surface area contributed by atoms with E-state index in [9.17, 15) is 9.18 Å². The van der Waals surface area contributed by atoms with E-state index >= 15 is 0 Å². The summed E-state index contributed by atoms with van der Waals surface area (Å²) in [6, 6.07) is 9.45. The molecule has 2 aromatic carbocycles. The van der Waals surface area contributed by atoms with Crippen LogP contribution in [-0.4, -0.2) is 11.1 Å². The van der Waals surface area contributed by atoms with Gasteiger partial charge >= 0.3 is 5.97 Å². The number of benzene rings is 2. The molecule has 0 aliphatic carbocycles. The molecule has 0 aliphatic heterocycles. The molecular weight excluding hydrogens is 259 g/mol. The van der Waals surface area contributed by atoms with Crippen LogP contribution in [0.25, 0.3) is 0 Å². The van der Waals surface area contributed by atoms with Crippen molar-refractivity contribution in [2.45, 2.75) is 20.5 Å². The number of halogens is 1. The van der Waals surface area contributed by atoms with Crippen LogP contribution in [-0.2, 0) is 6.61 Å². The average Bonchev–Trinajstić information content (AvgIpc) is 2.40. The van der Waals surface area contributed by atoms with Crippen molar-refractivity contribution in [3.05, 3.63) is 64.5 Å². The van der Waals surface area contributed by atoms with Crippen LogP contribution in [0.5, 0.6) is 5.75 Å². The van der Waals surface area contributed by atoms with Crippen molar-refractivity contribution in [1.82, 2.24) is 0 Å². The van der Waals surface area contributed by atoms with Gasteiger partial charge in [0.25, 0.3) is 0 Å². The molecule has 0 atom stereocenters. The topological polar surface area (TPSA) is 46.5 Å². The van der Waals surface area contributed by atoms with Crippen LogP contribution in [0.3, 0.4) is 0 Å². The average molecular weight is 274 g/mol. The molecule has 104 valence electrons. The van der Waals surface area contributed by atoms with Gasteiger partial charge < -0.3 is 9.84 Å². The van der Waals surface area contributed by atoms with Crippen molar-refractivity contribution in [2.75, 3.05) is 0 Å². The maximum absolute atomic E-state index is 13.1. The standard InChI is InChI=1S/C16H15FO3/c1-10-3-4-11(2)12(7-10)9-20-15-6-5-13(17)8-14(15)16(18)19/h3-8H,9H2,1-2H3,(H,18,19). The third-order valence-electron chi connectivity index (χ3n) is 3.06.